The predicted molar refractivity (Wildman–Crippen MR) is 128 cm³/mol. The number of carbonyl (C=O) groups excluding carboxylic acids is 2. The molecule has 0 aliphatic carbocycles. The molecule has 0 aromatic rings. The highest BCUT2D eigenvalue weighted by Gasteiger charge is 2.39. The summed E-state index contributed by atoms with van der Waals surface area (Å²) in [5.41, 5.74) is -0.911. The van der Waals surface area contributed by atoms with E-state index in [0.29, 0.717) is 13.0 Å². The molecule has 0 radical (unpaired) electrons. The summed E-state index contributed by atoms with van der Waals surface area (Å²) in [5, 5.41) is 9.34. The average molecular weight is 493 g/mol. The second-order valence-electron chi connectivity index (χ2n) is 10.7. The van der Waals surface area contributed by atoms with Crippen LogP contribution in [0.5, 0.6) is 0 Å². The topological polar surface area (TPSA) is 108 Å². The van der Waals surface area contributed by atoms with Gasteiger partial charge >= 0.3 is 17.9 Å². The summed E-state index contributed by atoms with van der Waals surface area (Å²) >= 11 is 0. The minimum Gasteiger partial charge on any atom is -0.481 e. The molecular formula is C22H44O8Si2. The molecule has 0 aromatic carbocycles. The predicted octanol–water partition coefficient (Wildman–Crippen LogP) is 4.31. The Morgan fingerprint density at radius 2 is 1.56 bits per heavy atom. The largest absolute Gasteiger partial charge is 0.481 e. The van der Waals surface area contributed by atoms with Crippen molar-refractivity contribution in [2.75, 3.05) is 20.3 Å². The van der Waals surface area contributed by atoms with E-state index >= 15 is 0 Å². The Hall–Kier alpha value is -1.24. The molecule has 0 fully saturated rings. The number of methoxy groups -OCH3 is 1. The average Bonchev–Trinajstić information content (AvgIpc) is 2.66. The Bertz CT molecular complexity index is 626. The zero-order valence-corrected chi connectivity index (χ0v) is 23.6. The number of esters is 2. The van der Waals surface area contributed by atoms with Crippen molar-refractivity contribution < 1.29 is 37.8 Å². The fourth-order valence-electron chi connectivity index (χ4n) is 3.20. The van der Waals surface area contributed by atoms with E-state index in [-0.39, 0.29) is 19.4 Å². The molecule has 0 spiro atoms. The first kappa shape index (κ1) is 30.8. The van der Waals surface area contributed by atoms with Crippen molar-refractivity contribution in [3.8, 4) is 0 Å². The third-order valence-corrected chi connectivity index (χ3v) is 7.26. The van der Waals surface area contributed by atoms with Crippen LogP contribution in [0.4, 0.5) is 0 Å². The number of carbonyl (C=O) groups is 3. The second kappa shape index (κ2) is 12.9. The van der Waals surface area contributed by atoms with Gasteiger partial charge in [-0.05, 0) is 65.5 Å². The summed E-state index contributed by atoms with van der Waals surface area (Å²) in [5.74, 6) is -3.46. The lowest BCUT2D eigenvalue weighted by atomic mass is 9.76. The molecule has 4 unspecified atom stereocenters. The van der Waals surface area contributed by atoms with Crippen molar-refractivity contribution in [1.82, 2.24) is 0 Å². The number of aliphatic carboxylic acids is 1. The summed E-state index contributed by atoms with van der Waals surface area (Å²) < 4.78 is 22.7. The summed E-state index contributed by atoms with van der Waals surface area (Å²) in [6.07, 6.45) is 0.285. The van der Waals surface area contributed by atoms with Crippen LogP contribution in [0.2, 0.25) is 39.3 Å². The van der Waals surface area contributed by atoms with Crippen molar-refractivity contribution in [1.29, 1.82) is 0 Å². The van der Waals surface area contributed by atoms with Crippen LogP contribution in [-0.4, -0.2) is 66.1 Å². The summed E-state index contributed by atoms with van der Waals surface area (Å²) in [6.45, 7) is 17.8. The first-order valence-electron chi connectivity index (χ1n) is 11.2. The number of hydrogen-bond donors (Lipinski definition) is 1. The van der Waals surface area contributed by atoms with Gasteiger partial charge in [0.2, 0.25) is 0 Å². The van der Waals surface area contributed by atoms with Gasteiger partial charge in [0.05, 0.1) is 31.0 Å². The van der Waals surface area contributed by atoms with Crippen LogP contribution < -0.4 is 0 Å². The Morgan fingerprint density at radius 1 is 1.00 bits per heavy atom. The van der Waals surface area contributed by atoms with E-state index in [1.807, 2.05) is 6.92 Å². The van der Waals surface area contributed by atoms with E-state index in [0.717, 1.165) is 0 Å². The van der Waals surface area contributed by atoms with Gasteiger partial charge in [-0.2, -0.15) is 0 Å². The van der Waals surface area contributed by atoms with Crippen LogP contribution in [0.15, 0.2) is 0 Å². The number of ether oxygens (including phenoxy) is 2. The number of carboxylic acids is 1. The van der Waals surface area contributed by atoms with E-state index in [9.17, 15) is 19.5 Å². The molecule has 10 heteroatoms. The fourth-order valence-corrected chi connectivity index (χ4v) is 5.03. The lowest BCUT2D eigenvalue weighted by Crippen LogP contribution is -2.41. The first-order valence-corrected chi connectivity index (χ1v) is 18.1. The van der Waals surface area contributed by atoms with Gasteiger partial charge in [0.1, 0.15) is 12.7 Å². The zero-order valence-electron chi connectivity index (χ0n) is 21.6. The SMILES string of the molecule is CCC(C)(CC(CC(C)C(=O)O)C(=O)OCC(CO[Si](C)(C)C)O[Si](C)(C)C)C(=O)OC. The van der Waals surface area contributed by atoms with Gasteiger partial charge in [-0.25, -0.2) is 0 Å². The maximum absolute atomic E-state index is 13.0. The van der Waals surface area contributed by atoms with E-state index in [1.165, 1.54) is 7.11 Å². The highest BCUT2D eigenvalue weighted by atomic mass is 28.4. The summed E-state index contributed by atoms with van der Waals surface area (Å²) in [6, 6.07) is 0. The molecular weight excluding hydrogens is 448 g/mol. The fraction of sp³-hybridized carbons (Fsp3) is 0.864. The van der Waals surface area contributed by atoms with E-state index in [4.69, 9.17) is 18.3 Å². The van der Waals surface area contributed by atoms with Gasteiger partial charge in [0.15, 0.2) is 16.6 Å². The molecule has 0 amide bonds. The van der Waals surface area contributed by atoms with E-state index in [2.05, 4.69) is 39.3 Å². The van der Waals surface area contributed by atoms with Crippen LogP contribution in [0, 0.1) is 17.3 Å². The molecule has 4 atom stereocenters. The van der Waals surface area contributed by atoms with Gasteiger partial charge in [-0.1, -0.05) is 13.8 Å². The zero-order chi connectivity index (χ0) is 25.3. The van der Waals surface area contributed by atoms with Crippen LogP contribution in [-0.2, 0) is 32.7 Å². The van der Waals surface area contributed by atoms with Gasteiger partial charge < -0.3 is 23.4 Å². The van der Waals surface area contributed by atoms with Gasteiger partial charge in [-0.3, -0.25) is 14.4 Å². The maximum atomic E-state index is 13.0. The Labute approximate surface area is 195 Å². The van der Waals surface area contributed by atoms with Gasteiger partial charge in [0.25, 0.3) is 0 Å². The monoisotopic (exact) mass is 492 g/mol. The van der Waals surface area contributed by atoms with E-state index < -0.39 is 57.9 Å². The van der Waals surface area contributed by atoms with Crippen LogP contribution in [0.25, 0.3) is 0 Å². The normalized spacial score (nSPS) is 17.1. The minimum atomic E-state index is -1.92. The number of rotatable bonds is 15. The van der Waals surface area contributed by atoms with E-state index in [1.54, 1.807) is 13.8 Å². The molecule has 1 N–H and O–H groups in total. The van der Waals surface area contributed by atoms with Crippen LogP contribution in [0.1, 0.15) is 40.0 Å². The van der Waals surface area contributed by atoms with Gasteiger partial charge in [-0.15, -0.1) is 0 Å². The highest BCUT2D eigenvalue weighted by Crippen LogP contribution is 2.34. The molecule has 188 valence electrons. The molecule has 32 heavy (non-hydrogen) atoms. The molecule has 8 nitrogen and oxygen atoms in total. The smallest absolute Gasteiger partial charge is 0.311 e. The number of hydrogen-bond acceptors (Lipinski definition) is 7. The van der Waals surface area contributed by atoms with Gasteiger partial charge in [0, 0.05) is 0 Å². The van der Waals surface area contributed by atoms with Crippen LogP contribution >= 0.6 is 0 Å². The Morgan fingerprint density at radius 3 is 1.97 bits per heavy atom. The summed E-state index contributed by atoms with van der Waals surface area (Å²) in [4.78, 5) is 36.8. The summed E-state index contributed by atoms with van der Waals surface area (Å²) in [7, 11) is -2.39. The molecule has 0 aromatic heterocycles. The molecule has 0 bridgehead atoms. The quantitative estimate of drug-likeness (QED) is 0.266. The highest BCUT2D eigenvalue weighted by molar-refractivity contribution is 6.70. The molecule has 0 aliphatic rings. The third-order valence-electron chi connectivity index (χ3n) is 5.18. The Balaban J connectivity index is 5.49. The van der Waals surface area contributed by atoms with Crippen molar-refractivity contribution in [3.63, 3.8) is 0 Å². The van der Waals surface area contributed by atoms with Crippen LogP contribution in [0.3, 0.4) is 0 Å². The molecule has 0 rings (SSSR count). The lowest BCUT2D eigenvalue weighted by molar-refractivity contribution is -0.159. The molecule has 0 aliphatic heterocycles. The standard InChI is InChI=1S/C22H44O8Si2/c1-11-22(3,21(26)27-4)13-17(12-16(2)19(23)24)20(25)28-14-18(30-32(8,9)10)15-29-31(5,6)7/h16-18H,11-15H2,1-10H3,(H,23,24). The van der Waals surface area contributed by atoms with Crippen molar-refractivity contribution in [3.05, 3.63) is 0 Å². The molecule has 0 saturated heterocycles. The lowest BCUT2D eigenvalue weighted by Gasteiger charge is -2.31. The van der Waals surface area contributed by atoms with Crippen molar-refractivity contribution in [2.24, 2.45) is 17.3 Å². The van der Waals surface area contributed by atoms with Crippen molar-refractivity contribution in [2.45, 2.75) is 85.4 Å². The minimum absolute atomic E-state index is 0.0204. The third kappa shape index (κ3) is 12.1. The Kier molecular flexibility index (Phi) is 12.4. The second-order valence-corrected chi connectivity index (χ2v) is 19.7. The van der Waals surface area contributed by atoms with Crippen molar-refractivity contribution >= 4 is 34.5 Å². The molecule has 0 saturated carbocycles. The molecule has 0 heterocycles. The maximum Gasteiger partial charge on any atom is 0.311 e. The number of carboxylic acid groups (broad SMARTS) is 1. The first-order chi connectivity index (χ1) is 14.4.